The Morgan fingerprint density at radius 3 is 2.87 bits per heavy atom. The average molecular weight is 204 g/mol. The van der Waals surface area contributed by atoms with Crippen molar-refractivity contribution in [1.29, 1.82) is 5.26 Å². The average Bonchev–Trinajstić information content (AvgIpc) is 2.23. The highest BCUT2D eigenvalue weighted by Crippen LogP contribution is 2.06. The first kappa shape index (κ1) is 11.4. The molecule has 4 heteroatoms. The number of anilines is 1. The van der Waals surface area contributed by atoms with Gasteiger partial charge in [0.2, 0.25) is 0 Å². The minimum Gasteiger partial charge on any atom is -0.370 e. The molecule has 1 aromatic rings. The summed E-state index contributed by atoms with van der Waals surface area (Å²) < 4.78 is 0. The third-order valence-electron chi connectivity index (χ3n) is 2.04. The molecule has 80 valence electrons. The van der Waals surface area contributed by atoms with Crippen LogP contribution in [0.3, 0.4) is 0 Å². The lowest BCUT2D eigenvalue weighted by Crippen LogP contribution is -2.05. The topological polar surface area (TPSA) is 61.6 Å². The van der Waals surface area contributed by atoms with Crippen molar-refractivity contribution in [2.45, 2.75) is 33.1 Å². The molecule has 15 heavy (non-hydrogen) atoms. The number of aryl methyl sites for hydroxylation is 1. The highest BCUT2D eigenvalue weighted by atomic mass is 15.0. The lowest BCUT2D eigenvalue weighted by molar-refractivity contribution is 0.741. The molecule has 0 aliphatic heterocycles. The van der Waals surface area contributed by atoms with Gasteiger partial charge < -0.3 is 5.32 Å². The van der Waals surface area contributed by atoms with E-state index in [1.54, 1.807) is 13.0 Å². The first-order valence-corrected chi connectivity index (χ1v) is 5.26. The third kappa shape index (κ3) is 3.94. The first-order valence-electron chi connectivity index (χ1n) is 5.26. The van der Waals surface area contributed by atoms with Gasteiger partial charge >= 0.3 is 0 Å². The van der Waals surface area contributed by atoms with Crippen molar-refractivity contribution in [1.82, 2.24) is 9.97 Å². The van der Waals surface area contributed by atoms with Crippen molar-refractivity contribution in [2.75, 3.05) is 11.9 Å². The van der Waals surface area contributed by atoms with Crippen molar-refractivity contribution in [3.63, 3.8) is 0 Å². The standard InChI is InChI=1S/C11H16N4/c1-3-4-5-6-13-11-7-10(8-12)14-9(2)15-11/h7H,3-6H2,1-2H3,(H,13,14,15). The number of hydrogen-bond acceptors (Lipinski definition) is 4. The zero-order valence-corrected chi connectivity index (χ0v) is 9.25. The van der Waals surface area contributed by atoms with Crippen LogP contribution in [-0.2, 0) is 0 Å². The van der Waals surface area contributed by atoms with Crippen LogP contribution >= 0.6 is 0 Å². The van der Waals surface area contributed by atoms with Crippen molar-refractivity contribution < 1.29 is 0 Å². The monoisotopic (exact) mass is 204 g/mol. The highest BCUT2D eigenvalue weighted by Gasteiger charge is 1.99. The van der Waals surface area contributed by atoms with Crippen LogP contribution < -0.4 is 5.32 Å². The summed E-state index contributed by atoms with van der Waals surface area (Å²) in [6.07, 6.45) is 3.54. The molecule has 0 radical (unpaired) electrons. The molecule has 0 amide bonds. The number of aromatic nitrogens is 2. The van der Waals surface area contributed by atoms with E-state index in [0.717, 1.165) is 18.8 Å². The Hall–Kier alpha value is -1.63. The number of nitrogens with zero attached hydrogens (tertiary/aromatic N) is 3. The molecule has 0 atom stereocenters. The molecule has 0 saturated carbocycles. The van der Waals surface area contributed by atoms with Crippen LogP contribution in [0.1, 0.15) is 37.7 Å². The number of nitriles is 1. The van der Waals surface area contributed by atoms with E-state index in [0.29, 0.717) is 11.5 Å². The van der Waals surface area contributed by atoms with E-state index in [1.165, 1.54) is 12.8 Å². The molecule has 0 saturated heterocycles. The highest BCUT2D eigenvalue weighted by molar-refractivity contribution is 5.39. The van der Waals surface area contributed by atoms with E-state index in [4.69, 9.17) is 5.26 Å². The molecular formula is C11H16N4. The fourth-order valence-corrected chi connectivity index (χ4v) is 1.31. The smallest absolute Gasteiger partial charge is 0.146 e. The van der Waals surface area contributed by atoms with Crippen LogP contribution in [0.25, 0.3) is 0 Å². The van der Waals surface area contributed by atoms with Crippen molar-refractivity contribution in [2.24, 2.45) is 0 Å². The van der Waals surface area contributed by atoms with Gasteiger partial charge in [0.25, 0.3) is 0 Å². The first-order chi connectivity index (χ1) is 7.26. The second-order valence-electron chi connectivity index (χ2n) is 3.43. The van der Waals surface area contributed by atoms with Gasteiger partial charge in [0, 0.05) is 12.6 Å². The Labute approximate surface area is 90.4 Å². The van der Waals surface area contributed by atoms with E-state index in [9.17, 15) is 0 Å². The van der Waals surface area contributed by atoms with E-state index in [2.05, 4.69) is 22.2 Å². The summed E-state index contributed by atoms with van der Waals surface area (Å²) in [7, 11) is 0. The molecule has 0 fully saturated rings. The molecule has 1 rings (SSSR count). The van der Waals surface area contributed by atoms with Crippen LogP contribution in [0.5, 0.6) is 0 Å². The fourth-order valence-electron chi connectivity index (χ4n) is 1.31. The molecule has 0 aromatic carbocycles. The molecular weight excluding hydrogens is 188 g/mol. The van der Waals surface area contributed by atoms with Gasteiger partial charge in [0.15, 0.2) is 0 Å². The van der Waals surface area contributed by atoms with Crippen LogP contribution in [0.4, 0.5) is 5.82 Å². The van der Waals surface area contributed by atoms with E-state index in [1.807, 2.05) is 6.07 Å². The zero-order chi connectivity index (χ0) is 11.1. The summed E-state index contributed by atoms with van der Waals surface area (Å²) in [5, 5.41) is 11.9. The summed E-state index contributed by atoms with van der Waals surface area (Å²) in [6, 6.07) is 3.70. The molecule has 4 nitrogen and oxygen atoms in total. The molecule has 0 aliphatic carbocycles. The Balaban J connectivity index is 2.54. The number of rotatable bonds is 5. The molecule has 0 spiro atoms. The van der Waals surface area contributed by atoms with Crippen molar-refractivity contribution >= 4 is 5.82 Å². The predicted octanol–water partition coefficient (Wildman–Crippen LogP) is 2.26. The molecule has 0 bridgehead atoms. The van der Waals surface area contributed by atoms with Crippen molar-refractivity contribution in [3.8, 4) is 6.07 Å². The minimum atomic E-state index is 0.417. The fraction of sp³-hybridized carbons (Fsp3) is 0.545. The maximum absolute atomic E-state index is 8.73. The molecule has 1 heterocycles. The minimum absolute atomic E-state index is 0.417. The van der Waals surface area contributed by atoms with Crippen LogP contribution in [0.15, 0.2) is 6.07 Å². The Bertz CT molecular complexity index is 354. The maximum Gasteiger partial charge on any atom is 0.146 e. The van der Waals surface area contributed by atoms with E-state index < -0.39 is 0 Å². The zero-order valence-electron chi connectivity index (χ0n) is 9.25. The Morgan fingerprint density at radius 2 is 2.20 bits per heavy atom. The van der Waals surface area contributed by atoms with E-state index in [-0.39, 0.29) is 0 Å². The number of hydrogen-bond donors (Lipinski definition) is 1. The number of unbranched alkanes of at least 4 members (excludes halogenated alkanes) is 2. The SMILES string of the molecule is CCCCCNc1cc(C#N)nc(C)n1. The number of nitrogens with one attached hydrogen (secondary N) is 1. The van der Waals surface area contributed by atoms with Gasteiger partial charge in [0.05, 0.1) is 0 Å². The molecule has 1 aromatic heterocycles. The van der Waals surface area contributed by atoms with Gasteiger partial charge in [-0.05, 0) is 13.3 Å². The lowest BCUT2D eigenvalue weighted by Gasteiger charge is -2.05. The quantitative estimate of drug-likeness (QED) is 0.747. The summed E-state index contributed by atoms with van der Waals surface area (Å²) in [4.78, 5) is 8.19. The van der Waals surface area contributed by atoms with Crippen LogP contribution in [0.2, 0.25) is 0 Å². The summed E-state index contributed by atoms with van der Waals surface area (Å²) in [6.45, 7) is 4.86. The van der Waals surface area contributed by atoms with Gasteiger partial charge in [-0.3, -0.25) is 0 Å². The molecule has 0 unspecified atom stereocenters. The summed E-state index contributed by atoms with van der Waals surface area (Å²) in [5.41, 5.74) is 0.417. The summed E-state index contributed by atoms with van der Waals surface area (Å²) >= 11 is 0. The second kappa shape index (κ2) is 5.97. The molecule has 0 aliphatic rings. The predicted molar refractivity (Wildman–Crippen MR) is 59.5 cm³/mol. The van der Waals surface area contributed by atoms with Gasteiger partial charge in [-0.15, -0.1) is 0 Å². The summed E-state index contributed by atoms with van der Waals surface area (Å²) in [5.74, 6) is 1.38. The van der Waals surface area contributed by atoms with E-state index >= 15 is 0 Å². The van der Waals surface area contributed by atoms with Gasteiger partial charge in [-0.1, -0.05) is 19.8 Å². The molecule has 1 N–H and O–H groups in total. The van der Waals surface area contributed by atoms with Gasteiger partial charge in [-0.25, -0.2) is 9.97 Å². The largest absolute Gasteiger partial charge is 0.370 e. The normalized spacial score (nSPS) is 9.67. The van der Waals surface area contributed by atoms with Gasteiger partial charge in [-0.2, -0.15) is 5.26 Å². The lowest BCUT2D eigenvalue weighted by atomic mass is 10.2. The van der Waals surface area contributed by atoms with Crippen LogP contribution in [0, 0.1) is 18.3 Å². The Kier molecular flexibility index (Phi) is 4.55. The second-order valence-corrected chi connectivity index (χ2v) is 3.43. The van der Waals surface area contributed by atoms with Crippen molar-refractivity contribution in [3.05, 3.63) is 17.6 Å². The maximum atomic E-state index is 8.73. The van der Waals surface area contributed by atoms with Crippen LogP contribution in [-0.4, -0.2) is 16.5 Å². The Morgan fingerprint density at radius 1 is 1.40 bits per heavy atom. The van der Waals surface area contributed by atoms with Gasteiger partial charge in [0.1, 0.15) is 23.4 Å². The third-order valence-corrected chi connectivity index (χ3v) is 2.04.